The van der Waals surface area contributed by atoms with Crippen molar-refractivity contribution in [2.75, 3.05) is 23.8 Å². The lowest BCUT2D eigenvalue weighted by molar-refractivity contribution is -0.145. The molecule has 0 unspecified atom stereocenters. The van der Waals surface area contributed by atoms with Gasteiger partial charge in [0.1, 0.15) is 0 Å². The highest BCUT2D eigenvalue weighted by molar-refractivity contribution is 14.1. The molecule has 0 saturated carbocycles. The molecular weight excluding hydrogens is 793 g/mol. The molecule has 1 rings (SSSR count). The molecule has 1 aromatic carbocycles. The monoisotopic (exact) mass is 806 g/mol. The molecule has 0 atom stereocenters. The van der Waals surface area contributed by atoms with Crippen molar-refractivity contribution in [2.45, 2.75) is 20.3 Å². The number of rotatable bonds is 8. The molecule has 13 heteroatoms. The first-order chi connectivity index (χ1) is 13.4. The van der Waals surface area contributed by atoms with Crippen LogP contribution in [0, 0.1) is 10.7 Å². The average molecular weight is 807 g/mol. The Kier molecular flexibility index (Phi) is 11.3. The predicted octanol–water partition coefficient (Wildman–Crippen LogP) is 2.97. The lowest BCUT2D eigenvalue weighted by Gasteiger charge is -2.20. The van der Waals surface area contributed by atoms with Crippen LogP contribution in [-0.2, 0) is 39.9 Å². The Morgan fingerprint density at radius 3 is 1.48 bits per heavy atom. The summed E-state index contributed by atoms with van der Waals surface area (Å²) >= 11 is 8.81. The van der Waals surface area contributed by atoms with Crippen LogP contribution in [0.15, 0.2) is 0 Å². The smallest absolute Gasteiger partial charge is 0.303 e. The number of hydrogen-bond donors (Lipinski definition) is 2. The van der Waals surface area contributed by atoms with Gasteiger partial charge in [-0.25, -0.2) is 0 Å². The molecule has 0 saturated heterocycles. The standard InChI is InChI=1S/C16H14BrI3N2O7/c1-6(23)28-4-10(26)21-15-12(18)8(3-9(17)25)13(19)16(14(15)20)22-11(27)5-29-7(2)24/h3-5H2,1-2H3,(H,21,26)(H,22,27). The Labute approximate surface area is 215 Å². The lowest BCUT2D eigenvalue weighted by Crippen LogP contribution is -2.24. The van der Waals surface area contributed by atoms with Crippen LogP contribution in [0.1, 0.15) is 19.4 Å². The van der Waals surface area contributed by atoms with Gasteiger partial charge in [0.05, 0.1) is 14.9 Å². The fourth-order valence-electron chi connectivity index (χ4n) is 1.91. The molecular formula is C16H14BrI3N2O7. The highest BCUT2D eigenvalue weighted by Gasteiger charge is 2.24. The van der Waals surface area contributed by atoms with Gasteiger partial charge < -0.3 is 20.1 Å². The highest BCUT2D eigenvalue weighted by Crippen LogP contribution is 2.39. The minimum Gasteiger partial charge on any atom is -0.456 e. The molecule has 2 N–H and O–H groups in total. The zero-order valence-electron chi connectivity index (χ0n) is 15.0. The molecule has 0 spiro atoms. The maximum Gasteiger partial charge on any atom is 0.303 e. The van der Waals surface area contributed by atoms with Crippen LogP contribution in [0.5, 0.6) is 0 Å². The minimum absolute atomic E-state index is 0.00704. The number of esters is 2. The van der Waals surface area contributed by atoms with Crippen molar-refractivity contribution in [1.29, 1.82) is 0 Å². The highest BCUT2D eigenvalue weighted by atomic mass is 127. The van der Waals surface area contributed by atoms with E-state index in [0.717, 1.165) is 0 Å². The van der Waals surface area contributed by atoms with E-state index in [-0.39, 0.29) is 11.1 Å². The van der Waals surface area contributed by atoms with Crippen LogP contribution >= 0.6 is 83.7 Å². The van der Waals surface area contributed by atoms with Gasteiger partial charge in [0.15, 0.2) is 13.2 Å². The Bertz CT molecular complexity index is 818. The van der Waals surface area contributed by atoms with Crippen LogP contribution in [-0.4, -0.2) is 41.7 Å². The van der Waals surface area contributed by atoms with Gasteiger partial charge in [0.25, 0.3) is 11.8 Å². The van der Waals surface area contributed by atoms with Crippen LogP contribution < -0.4 is 10.6 Å². The van der Waals surface area contributed by atoms with Crippen LogP contribution in [0.3, 0.4) is 0 Å². The largest absolute Gasteiger partial charge is 0.456 e. The third-order valence-corrected chi connectivity index (χ3v) is 6.81. The van der Waals surface area contributed by atoms with E-state index in [2.05, 4.69) is 36.0 Å². The van der Waals surface area contributed by atoms with Crippen LogP contribution in [0.25, 0.3) is 0 Å². The third kappa shape index (κ3) is 8.60. The predicted molar refractivity (Wildman–Crippen MR) is 133 cm³/mol. The Morgan fingerprint density at radius 2 is 1.17 bits per heavy atom. The summed E-state index contributed by atoms with van der Waals surface area (Å²) in [6.07, 6.45) is 0.00704. The van der Waals surface area contributed by atoms with Gasteiger partial charge in [-0.15, -0.1) is 0 Å². The van der Waals surface area contributed by atoms with Crippen molar-refractivity contribution in [1.82, 2.24) is 0 Å². The van der Waals surface area contributed by atoms with Crippen LogP contribution in [0.2, 0.25) is 0 Å². The molecule has 0 aliphatic rings. The molecule has 0 fully saturated rings. The zero-order valence-corrected chi connectivity index (χ0v) is 23.0. The Balaban J connectivity index is 3.34. The molecule has 9 nitrogen and oxygen atoms in total. The number of benzene rings is 1. The maximum atomic E-state index is 12.1. The van der Waals surface area contributed by atoms with Gasteiger partial charge in [0, 0.05) is 27.4 Å². The number of anilines is 2. The zero-order chi connectivity index (χ0) is 22.3. The molecule has 0 aliphatic carbocycles. The molecule has 0 heterocycles. The molecule has 0 aliphatic heterocycles. The summed E-state index contributed by atoms with van der Waals surface area (Å²) in [6.45, 7) is 1.41. The number of hydrogen-bond acceptors (Lipinski definition) is 7. The Morgan fingerprint density at radius 1 is 0.793 bits per heavy atom. The van der Waals surface area contributed by atoms with Crippen molar-refractivity contribution in [3.8, 4) is 0 Å². The third-order valence-electron chi connectivity index (χ3n) is 3.07. The summed E-state index contributed by atoms with van der Waals surface area (Å²) in [6, 6.07) is 0. The first kappa shape index (κ1) is 26.5. The van der Waals surface area contributed by atoms with Gasteiger partial charge in [-0.2, -0.15) is 0 Å². The second-order valence-corrected chi connectivity index (χ2v) is 9.48. The average Bonchev–Trinajstić information content (AvgIpc) is 2.62. The van der Waals surface area contributed by atoms with Gasteiger partial charge in [-0.1, -0.05) is 0 Å². The van der Waals surface area contributed by atoms with E-state index in [4.69, 9.17) is 0 Å². The van der Waals surface area contributed by atoms with Gasteiger partial charge >= 0.3 is 11.9 Å². The summed E-state index contributed by atoms with van der Waals surface area (Å²) in [7, 11) is 0. The van der Waals surface area contributed by atoms with E-state index < -0.39 is 37.0 Å². The number of halogens is 4. The first-order valence-electron chi connectivity index (χ1n) is 7.68. The van der Waals surface area contributed by atoms with E-state index in [1.807, 2.05) is 67.8 Å². The van der Waals surface area contributed by atoms with Crippen molar-refractivity contribution in [3.05, 3.63) is 16.3 Å². The quantitative estimate of drug-likeness (QED) is 0.235. The SMILES string of the molecule is CC(=O)OCC(=O)Nc1c(I)c(CC(=O)Br)c(I)c(NC(=O)COC(C)=O)c1I. The van der Waals surface area contributed by atoms with Gasteiger partial charge in [0.2, 0.25) is 4.69 Å². The molecule has 29 heavy (non-hydrogen) atoms. The topological polar surface area (TPSA) is 128 Å². The maximum absolute atomic E-state index is 12.1. The van der Waals surface area contributed by atoms with Crippen molar-refractivity contribution in [2.24, 2.45) is 0 Å². The number of carbonyl (C=O) groups excluding carboxylic acids is 5. The van der Waals surface area contributed by atoms with Gasteiger partial charge in [-0.05, 0) is 89.3 Å². The normalized spacial score (nSPS) is 10.1. The molecule has 158 valence electrons. The van der Waals surface area contributed by atoms with Crippen LogP contribution in [0.4, 0.5) is 11.4 Å². The fraction of sp³-hybridized carbons (Fsp3) is 0.312. The summed E-state index contributed by atoms with van der Waals surface area (Å²) in [4.78, 5) is 57.7. The fourth-order valence-corrected chi connectivity index (χ4v) is 6.28. The van der Waals surface area contributed by atoms with Gasteiger partial charge in [-0.3, -0.25) is 24.0 Å². The van der Waals surface area contributed by atoms with E-state index in [0.29, 0.717) is 27.6 Å². The van der Waals surface area contributed by atoms with Crippen molar-refractivity contribution < 1.29 is 33.4 Å². The van der Waals surface area contributed by atoms with Crippen molar-refractivity contribution in [3.63, 3.8) is 0 Å². The van der Waals surface area contributed by atoms with E-state index in [1.54, 1.807) is 0 Å². The minimum atomic E-state index is -0.601. The Hall–Kier alpha value is -0.560. The first-order valence-corrected chi connectivity index (χ1v) is 11.7. The second kappa shape index (κ2) is 12.3. The van der Waals surface area contributed by atoms with E-state index >= 15 is 0 Å². The lowest BCUT2D eigenvalue weighted by atomic mass is 10.1. The summed E-state index contributed by atoms with van der Waals surface area (Å²) in [5, 5.41) is 5.28. The molecule has 0 radical (unpaired) electrons. The molecule has 2 amide bonds. The van der Waals surface area contributed by atoms with E-state index in [9.17, 15) is 24.0 Å². The molecule has 1 aromatic rings. The number of ether oxygens (including phenoxy) is 2. The van der Waals surface area contributed by atoms with Crippen molar-refractivity contribution >= 4 is 124 Å². The summed E-state index contributed by atoms with van der Waals surface area (Å²) < 4.78 is 10.8. The number of carbonyl (C=O) groups is 5. The summed E-state index contributed by atoms with van der Waals surface area (Å²) in [5.74, 6) is -2.36. The van der Waals surface area contributed by atoms with E-state index in [1.165, 1.54) is 13.8 Å². The molecule has 0 bridgehead atoms. The number of amides is 2. The number of nitrogens with one attached hydrogen (secondary N) is 2. The molecule has 0 aromatic heterocycles. The second-order valence-electron chi connectivity index (χ2n) is 5.36. The summed E-state index contributed by atoms with van der Waals surface area (Å²) in [5.41, 5.74) is 1.30.